The first-order chi connectivity index (χ1) is 14.6. The van der Waals surface area contributed by atoms with Gasteiger partial charge in [0.2, 0.25) is 5.91 Å². The average Bonchev–Trinajstić information content (AvgIpc) is 3.35. The van der Waals surface area contributed by atoms with E-state index in [9.17, 15) is 9.59 Å². The maximum atomic E-state index is 12.5. The van der Waals surface area contributed by atoms with E-state index in [4.69, 9.17) is 4.74 Å². The topological polar surface area (TPSA) is 80.3 Å². The number of nitrogens with zero attached hydrogens (tertiary/aromatic N) is 1. The van der Waals surface area contributed by atoms with Gasteiger partial charge in [-0.05, 0) is 42.2 Å². The smallest absolute Gasteiger partial charge is 0.266 e. The second kappa shape index (κ2) is 9.62. The van der Waals surface area contributed by atoms with Crippen molar-refractivity contribution in [1.82, 2.24) is 10.3 Å². The van der Waals surface area contributed by atoms with Gasteiger partial charge in [0.05, 0.1) is 17.1 Å². The van der Waals surface area contributed by atoms with Gasteiger partial charge in [0, 0.05) is 17.2 Å². The van der Waals surface area contributed by atoms with Gasteiger partial charge in [-0.2, -0.15) is 0 Å². The van der Waals surface area contributed by atoms with Gasteiger partial charge in [-0.1, -0.05) is 32.9 Å². The molecular formula is C23H27N3O3S2. The summed E-state index contributed by atoms with van der Waals surface area (Å²) >= 11 is 2.93. The fourth-order valence-corrected chi connectivity index (χ4v) is 4.46. The van der Waals surface area contributed by atoms with Gasteiger partial charge < -0.3 is 10.1 Å². The fraction of sp³-hybridized carbons (Fsp3) is 0.348. The number of rotatable bonds is 7. The molecule has 0 saturated heterocycles. The van der Waals surface area contributed by atoms with Crippen molar-refractivity contribution in [2.75, 3.05) is 5.32 Å². The second-order valence-electron chi connectivity index (χ2n) is 8.24. The number of thiophene rings is 1. The van der Waals surface area contributed by atoms with Crippen LogP contribution in [0.15, 0.2) is 41.8 Å². The Labute approximate surface area is 190 Å². The van der Waals surface area contributed by atoms with Gasteiger partial charge in [-0.3, -0.25) is 14.9 Å². The lowest BCUT2D eigenvalue weighted by Crippen LogP contribution is -2.30. The highest BCUT2D eigenvalue weighted by Gasteiger charge is 2.18. The van der Waals surface area contributed by atoms with Crippen LogP contribution in [0.2, 0.25) is 0 Å². The van der Waals surface area contributed by atoms with Crippen molar-refractivity contribution in [2.24, 2.45) is 0 Å². The summed E-state index contributed by atoms with van der Waals surface area (Å²) in [6.45, 7) is 10.2. The van der Waals surface area contributed by atoms with Crippen molar-refractivity contribution in [3.8, 4) is 16.3 Å². The van der Waals surface area contributed by atoms with Crippen LogP contribution in [-0.2, 0) is 21.5 Å². The maximum absolute atomic E-state index is 12.5. The third-order valence-electron chi connectivity index (χ3n) is 4.56. The molecule has 164 valence electrons. The summed E-state index contributed by atoms with van der Waals surface area (Å²) in [5, 5.41) is 8.04. The Kier molecular flexibility index (Phi) is 7.12. The van der Waals surface area contributed by atoms with Crippen LogP contribution in [0.1, 0.15) is 45.1 Å². The standard InChI is InChI=1S/C23H27N3O3S2/c1-14(29-17-8-6-16(7-9-17)23(3,4)5)21(28)26-22-25-19(13-30-22)20-11-10-18(31-20)12-24-15(2)27/h6-11,13-14H,12H2,1-5H3,(H,24,27)(H,25,26,28). The minimum absolute atomic E-state index is 0.0601. The molecule has 2 N–H and O–H groups in total. The molecule has 0 aliphatic rings. The first-order valence-corrected chi connectivity index (χ1v) is 11.7. The van der Waals surface area contributed by atoms with E-state index in [1.54, 1.807) is 18.3 Å². The SMILES string of the molecule is CC(=O)NCc1ccc(-c2csc(NC(=O)C(C)Oc3ccc(C(C)(C)C)cc3)n2)s1. The van der Waals surface area contributed by atoms with Gasteiger partial charge in [-0.15, -0.1) is 22.7 Å². The second-order valence-corrected chi connectivity index (χ2v) is 10.3. The molecule has 6 nitrogen and oxygen atoms in total. The zero-order valence-corrected chi connectivity index (χ0v) is 19.9. The molecular weight excluding hydrogens is 430 g/mol. The number of benzene rings is 1. The Morgan fingerprint density at radius 2 is 1.84 bits per heavy atom. The van der Waals surface area contributed by atoms with Gasteiger partial charge in [0.15, 0.2) is 11.2 Å². The fourth-order valence-electron chi connectivity index (χ4n) is 2.76. The van der Waals surface area contributed by atoms with E-state index in [0.29, 0.717) is 17.4 Å². The van der Waals surface area contributed by atoms with E-state index < -0.39 is 6.10 Å². The largest absolute Gasteiger partial charge is 0.481 e. The Bertz CT molecular complexity index is 1050. The molecule has 8 heteroatoms. The number of hydrogen-bond donors (Lipinski definition) is 2. The Hall–Kier alpha value is -2.71. The van der Waals surface area contributed by atoms with Gasteiger partial charge in [-0.25, -0.2) is 4.98 Å². The van der Waals surface area contributed by atoms with Crippen LogP contribution >= 0.6 is 22.7 Å². The first kappa shape index (κ1) is 23.0. The molecule has 1 unspecified atom stereocenters. The van der Waals surface area contributed by atoms with Crippen LogP contribution in [0.5, 0.6) is 5.75 Å². The van der Waals surface area contributed by atoms with Crippen molar-refractivity contribution >= 4 is 39.6 Å². The highest BCUT2D eigenvalue weighted by Crippen LogP contribution is 2.31. The maximum Gasteiger partial charge on any atom is 0.266 e. The van der Waals surface area contributed by atoms with Crippen LogP contribution in [-0.4, -0.2) is 22.9 Å². The zero-order valence-electron chi connectivity index (χ0n) is 18.3. The minimum atomic E-state index is -0.654. The lowest BCUT2D eigenvalue weighted by Gasteiger charge is -2.20. The molecule has 3 aromatic rings. The average molecular weight is 458 g/mol. The monoisotopic (exact) mass is 457 g/mol. The molecule has 2 amide bonds. The molecule has 0 aliphatic heterocycles. The molecule has 1 aromatic carbocycles. The number of carbonyl (C=O) groups is 2. The third kappa shape index (κ3) is 6.38. The number of nitrogens with one attached hydrogen (secondary N) is 2. The molecule has 0 bridgehead atoms. The van der Waals surface area contributed by atoms with Gasteiger partial charge in [0.25, 0.3) is 5.91 Å². The van der Waals surface area contributed by atoms with E-state index >= 15 is 0 Å². The highest BCUT2D eigenvalue weighted by atomic mass is 32.1. The number of hydrogen-bond acceptors (Lipinski definition) is 6. The normalized spacial score (nSPS) is 12.3. The first-order valence-electron chi connectivity index (χ1n) is 9.99. The lowest BCUT2D eigenvalue weighted by molar-refractivity contribution is -0.122. The van der Waals surface area contributed by atoms with Gasteiger partial charge >= 0.3 is 0 Å². The van der Waals surface area contributed by atoms with Crippen LogP contribution in [0.3, 0.4) is 0 Å². The molecule has 2 heterocycles. The van der Waals surface area contributed by atoms with Crippen LogP contribution in [0.4, 0.5) is 5.13 Å². The van der Waals surface area contributed by atoms with Crippen LogP contribution in [0.25, 0.3) is 10.6 Å². The van der Waals surface area contributed by atoms with Crippen molar-refractivity contribution in [3.05, 3.63) is 52.2 Å². The van der Waals surface area contributed by atoms with E-state index in [2.05, 4.69) is 36.4 Å². The summed E-state index contributed by atoms with van der Waals surface area (Å²) in [5.41, 5.74) is 2.07. The number of anilines is 1. The summed E-state index contributed by atoms with van der Waals surface area (Å²) in [4.78, 5) is 30.1. The molecule has 2 aromatic heterocycles. The molecule has 0 radical (unpaired) electrons. The lowest BCUT2D eigenvalue weighted by atomic mass is 9.87. The molecule has 1 atom stereocenters. The zero-order chi connectivity index (χ0) is 22.6. The predicted molar refractivity (Wildman–Crippen MR) is 127 cm³/mol. The minimum Gasteiger partial charge on any atom is -0.481 e. The van der Waals surface area contributed by atoms with E-state index in [1.165, 1.54) is 23.8 Å². The molecule has 0 fully saturated rings. The Balaban J connectivity index is 1.57. The predicted octanol–water partition coefficient (Wildman–Crippen LogP) is 5.21. The highest BCUT2D eigenvalue weighted by molar-refractivity contribution is 7.17. The molecule has 31 heavy (non-hydrogen) atoms. The van der Waals surface area contributed by atoms with Crippen molar-refractivity contribution in [3.63, 3.8) is 0 Å². The number of carbonyl (C=O) groups excluding carboxylic acids is 2. The van der Waals surface area contributed by atoms with E-state index in [0.717, 1.165) is 15.4 Å². The molecule has 0 spiro atoms. The molecule has 3 rings (SSSR count). The van der Waals surface area contributed by atoms with Crippen molar-refractivity contribution in [1.29, 1.82) is 0 Å². The van der Waals surface area contributed by atoms with Crippen LogP contribution < -0.4 is 15.4 Å². The quantitative estimate of drug-likeness (QED) is 0.510. The molecule has 0 saturated carbocycles. The summed E-state index contributed by atoms with van der Waals surface area (Å²) in [6, 6.07) is 11.8. The number of thiazole rings is 1. The van der Waals surface area contributed by atoms with E-state index in [-0.39, 0.29) is 17.2 Å². The third-order valence-corrected chi connectivity index (χ3v) is 6.43. The van der Waals surface area contributed by atoms with Crippen molar-refractivity contribution < 1.29 is 14.3 Å². The summed E-state index contributed by atoms with van der Waals surface area (Å²) in [5.74, 6) is 0.342. The Morgan fingerprint density at radius 3 is 2.48 bits per heavy atom. The molecule has 0 aliphatic carbocycles. The summed E-state index contributed by atoms with van der Waals surface area (Å²) in [6.07, 6.45) is -0.654. The summed E-state index contributed by atoms with van der Waals surface area (Å²) in [7, 11) is 0. The van der Waals surface area contributed by atoms with E-state index in [1.807, 2.05) is 41.8 Å². The van der Waals surface area contributed by atoms with Crippen LogP contribution in [0, 0.1) is 0 Å². The van der Waals surface area contributed by atoms with Gasteiger partial charge in [0.1, 0.15) is 5.75 Å². The summed E-state index contributed by atoms with van der Waals surface area (Å²) < 4.78 is 5.79. The number of aromatic nitrogens is 1. The Morgan fingerprint density at radius 1 is 1.13 bits per heavy atom. The van der Waals surface area contributed by atoms with Crippen molar-refractivity contribution in [2.45, 2.75) is 52.7 Å². The number of ether oxygens (including phenoxy) is 1. The number of amides is 2.